The number of ether oxygens (including phenoxy) is 1. The van der Waals surface area contributed by atoms with E-state index in [4.69, 9.17) is 14.7 Å². The zero-order valence-electron chi connectivity index (χ0n) is 17.8. The zero-order chi connectivity index (χ0) is 21.1. The van der Waals surface area contributed by atoms with Crippen LogP contribution in [0.4, 0.5) is 5.13 Å². The minimum atomic E-state index is -0.0943. The number of thiazole rings is 1. The Balaban J connectivity index is 1.57. The van der Waals surface area contributed by atoms with Crippen molar-refractivity contribution in [3.63, 3.8) is 0 Å². The maximum Gasteiger partial charge on any atom is 0.188 e. The Hall–Kier alpha value is -2.38. The molecule has 3 aromatic rings. The molecule has 6 nitrogen and oxygen atoms in total. The van der Waals surface area contributed by atoms with E-state index >= 15 is 0 Å². The molecule has 0 saturated carbocycles. The number of anilines is 1. The van der Waals surface area contributed by atoms with Crippen molar-refractivity contribution < 1.29 is 9.53 Å². The second-order valence-electron chi connectivity index (χ2n) is 8.07. The fourth-order valence-corrected chi connectivity index (χ4v) is 5.22. The third kappa shape index (κ3) is 4.37. The number of Topliss-reactive ketones (excluding diaryl/α,β-unsaturated/α-hetero) is 1. The van der Waals surface area contributed by atoms with Crippen LogP contribution in [0.2, 0.25) is 0 Å². The van der Waals surface area contributed by atoms with Gasteiger partial charge < -0.3 is 9.64 Å². The van der Waals surface area contributed by atoms with Gasteiger partial charge in [0.25, 0.3) is 0 Å². The van der Waals surface area contributed by atoms with E-state index in [0.29, 0.717) is 30.3 Å². The molecule has 1 aliphatic heterocycles. The van der Waals surface area contributed by atoms with Gasteiger partial charge in [-0.2, -0.15) is 4.98 Å². The van der Waals surface area contributed by atoms with Crippen LogP contribution >= 0.6 is 11.3 Å². The zero-order valence-corrected chi connectivity index (χ0v) is 18.6. The molecule has 1 fully saturated rings. The van der Waals surface area contributed by atoms with Crippen molar-refractivity contribution in [2.75, 3.05) is 18.6 Å². The number of benzene rings is 1. The lowest BCUT2D eigenvalue weighted by atomic mass is 10.0. The normalized spacial score (nSPS) is 16.7. The summed E-state index contributed by atoms with van der Waals surface area (Å²) in [6.07, 6.45) is 3.24. The van der Waals surface area contributed by atoms with E-state index in [-0.39, 0.29) is 12.0 Å². The number of aromatic nitrogens is 3. The summed E-state index contributed by atoms with van der Waals surface area (Å²) in [4.78, 5) is 29.3. The van der Waals surface area contributed by atoms with Gasteiger partial charge in [0.05, 0.1) is 16.4 Å². The van der Waals surface area contributed by atoms with Gasteiger partial charge in [-0.15, -0.1) is 0 Å². The number of aryl methyl sites for hydroxylation is 1. The smallest absolute Gasteiger partial charge is 0.188 e. The van der Waals surface area contributed by atoms with Gasteiger partial charge in [-0.1, -0.05) is 55.5 Å². The third-order valence-electron chi connectivity index (χ3n) is 5.51. The Kier molecular flexibility index (Phi) is 6.39. The number of fused-ring (bicyclic) bond motifs is 1. The Morgan fingerprint density at radius 3 is 2.77 bits per heavy atom. The highest BCUT2D eigenvalue weighted by atomic mass is 32.1. The SMILES string of the molecule is COCc1nc(C(C)C)c2sc(N3CCC[C@@H]3C(=O)CCc3ccccc3)nc2n1. The first-order chi connectivity index (χ1) is 14.6. The molecule has 0 amide bonds. The maximum absolute atomic E-state index is 13.0. The Labute approximate surface area is 181 Å². The van der Waals surface area contributed by atoms with E-state index in [1.165, 1.54) is 5.56 Å². The number of carbonyl (C=O) groups excluding carboxylic acids is 1. The molecule has 0 bridgehead atoms. The predicted molar refractivity (Wildman–Crippen MR) is 120 cm³/mol. The summed E-state index contributed by atoms with van der Waals surface area (Å²) in [5, 5.41) is 0.881. The second-order valence-corrected chi connectivity index (χ2v) is 9.04. The highest BCUT2D eigenvalue weighted by Gasteiger charge is 2.32. The summed E-state index contributed by atoms with van der Waals surface area (Å²) in [5.41, 5.74) is 2.92. The summed E-state index contributed by atoms with van der Waals surface area (Å²) in [5.74, 6) is 1.22. The number of hydrogen-bond acceptors (Lipinski definition) is 7. The van der Waals surface area contributed by atoms with Crippen LogP contribution in [0.15, 0.2) is 30.3 Å². The molecule has 158 valence electrons. The van der Waals surface area contributed by atoms with Crippen LogP contribution in [0.1, 0.15) is 56.1 Å². The van der Waals surface area contributed by atoms with Crippen molar-refractivity contribution in [2.24, 2.45) is 0 Å². The average Bonchev–Trinajstić information content (AvgIpc) is 3.39. The van der Waals surface area contributed by atoms with Crippen LogP contribution in [0.5, 0.6) is 0 Å². The molecule has 1 atom stereocenters. The lowest BCUT2D eigenvalue weighted by Crippen LogP contribution is -2.36. The molecule has 30 heavy (non-hydrogen) atoms. The molecular weight excluding hydrogens is 396 g/mol. The first-order valence-corrected chi connectivity index (χ1v) is 11.4. The minimum Gasteiger partial charge on any atom is -0.377 e. The minimum absolute atomic E-state index is 0.0943. The summed E-state index contributed by atoms with van der Waals surface area (Å²) < 4.78 is 6.24. The van der Waals surface area contributed by atoms with Crippen LogP contribution in [0.3, 0.4) is 0 Å². The highest BCUT2D eigenvalue weighted by molar-refractivity contribution is 7.22. The van der Waals surface area contributed by atoms with Crippen molar-refractivity contribution in [1.82, 2.24) is 15.0 Å². The predicted octanol–water partition coefficient (Wildman–Crippen LogP) is 4.53. The van der Waals surface area contributed by atoms with Crippen LogP contribution < -0.4 is 4.90 Å². The van der Waals surface area contributed by atoms with Crippen molar-refractivity contribution in [3.8, 4) is 0 Å². The number of methoxy groups -OCH3 is 1. The van der Waals surface area contributed by atoms with Crippen LogP contribution in [0, 0.1) is 0 Å². The standard InChI is InChI=1S/C23H28N4O2S/c1-15(2)20-21-22(25-19(24-20)14-29-3)26-23(30-21)27-13-7-10-17(27)18(28)12-11-16-8-5-4-6-9-16/h4-6,8-9,15,17H,7,10-14H2,1-3H3/t17-/m1/s1. The Morgan fingerprint density at radius 2 is 2.03 bits per heavy atom. The van der Waals surface area contributed by atoms with E-state index in [2.05, 4.69) is 35.9 Å². The largest absolute Gasteiger partial charge is 0.377 e. The summed E-state index contributed by atoms with van der Waals surface area (Å²) in [6.45, 7) is 5.48. The summed E-state index contributed by atoms with van der Waals surface area (Å²) >= 11 is 1.61. The summed E-state index contributed by atoms with van der Waals surface area (Å²) in [6, 6.07) is 10.1. The number of hydrogen-bond donors (Lipinski definition) is 0. The highest BCUT2D eigenvalue weighted by Crippen LogP contribution is 2.36. The first kappa shape index (κ1) is 20.9. The summed E-state index contributed by atoms with van der Waals surface area (Å²) in [7, 11) is 1.64. The van der Waals surface area contributed by atoms with E-state index < -0.39 is 0 Å². The molecule has 1 aromatic carbocycles. The van der Waals surface area contributed by atoms with Gasteiger partial charge in [0.1, 0.15) is 6.61 Å². The second kappa shape index (κ2) is 9.18. The van der Waals surface area contributed by atoms with Gasteiger partial charge in [0, 0.05) is 20.1 Å². The van der Waals surface area contributed by atoms with Gasteiger partial charge in [-0.05, 0) is 30.7 Å². The van der Waals surface area contributed by atoms with Crippen LogP contribution in [0.25, 0.3) is 10.3 Å². The number of nitrogens with zero attached hydrogens (tertiary/aromatic N) is 4. The lowest BCUT2D eigenvalue weighted by molar-refractivity contribution is -0.120. The number of rotatable bonds is 8. The van der Waals surface area contributed by atoms with Gasteiger partial charge in [-0.25, -0.2) is 9.97 Å². The van der Waals surface area contributed by atoms with E-state index in [1.807, 2.05) is 18.2 Å². The molecule has 0 spiro atoms. The average molecular weight is 425 g/mol. The molecule has 7 heteroatoms. The number of ketones is 1. The molecule has 3 heterocycles. The molecule has 1 saturated heterocycles. The molecule has 0 radical (unpaired) electrons. The fraction of sp³-hybridized carbons (Fsp3) is 0.478. The Morgan fingerprint density at radius 1 is 1.23 bits per heavy atom. The molecule has 4 rings (SSSR count). The fourth-order valence-electron chi connectivity index (χ4n) is 4.00. The monoisotopic (exact) mass is 424 g/mol. The first-order valence-electron chi connectivity index (χ1n) is 10.6. The third-order valence-corrected chi connectivity index (χ3v) is 6.61. The molecule has 2 aromatic heterocycles. The molecule has 0 unspecified atom stereocenters. The molecule has 0 aliphatic carbocycles. The molecule has 0 N–H and O–H groups in total. The van der Waals surface area contributed by atoms with Crippen molar-refractivity contribution >= 4 is 32.6 Å². The number of carbonyl (C=O) groups is 1. The van der Waals surface area contributed by atoms with E-state index in [0.717, 1.165) is 41.3 Å². The van der Waals surface area contributed by atoms with Crippen molar-refractivity contribution in [3.05, 3.63) is 47.4 Å². The molecular formula is C23H28N4O2S. The van der Waals surface area contributed by atoms with Crippen molar-refractivity contribution in [1.29, 1.82) is 0 Å². The van der Waals surface area contributed by atoms with Gasteiger partial charge in [0.15, 0.2) is 22.4 Å². The van der Waals surface area contributed by atoms with Crippen molar-refractivity contribution in [2.45, 2.75) is 58.1 Å². The lowest BCUT2D eigenvalue weighted by Gasteiger charge is -2.22. The van der Waals surface area contributed by atoms with Crippen LogP contribution in [-0.2, 0) is 22.6 Å². The van der Waals surface area contributed by atoms with Gasteiger partial charge >= 0.3 is 0 Å². The quantitative estimate of drug-likeness (QED) is 0.529. The van der Waals surface area contributed by atoms with Gasteiger partial charge in [-0.3, -0.25) is 4.79 Å². The van der Waals surface area contributed by atoms with Gasteiger partial charge in [0.2, 0.25) is 0 Å². The van der Waals surface area contributed by atoms with Crippen LogP contribution in [-0.4, -0.2) is 40.4 Å². The topological polar surface area (TPSA) is 68.2 Å². The maximum atomic E-state index is 13.0. The Bertz CT molecular complexity index is 1020. The van der Waals surface area contributed by atoms with E-state index in [9.17, 15) is 4.79 Å². The molecule has 1 aliphatic rings. The van der Waals surface area contributed by atoms with E-state index in [1.54, 1.807) is 18.4 Å².